The molecule has 1 aliphatic carbocycles. The van der Waals surface area contributed by atoms with Gasteiger partial charge in [-0.1, -0.05) is 18.9 Å². The van der Waals surface area contributed by atoms with Crippen LogP contribution in [0.2, 0.25) is 0 Å². The topological polar surface area (TPSA) is 130 Å². The van der Waals surface area contributed by atoms with Crippen LogP contribution < -0.4 is 27.2 Å². The van der Waals surface area contributed by atoms with E-state index < -0.39 is 0 Å². The number of hydrazone groups is 1. The Kier molecular flexibility index (Phi) is 10.2. The fourth-order valence-corrected chi connectivity index (χ4v) is 4.86. The zero-order valence-corrected chi connectivity index (χ0v) is 22.2. The van der Waals surface area contributed by atoms with Crippen LogP contribution in [0.25, 0.3) is 0 Å². The maximum absolute atomic E-state index is 13.5. The lowest BCUT2D eigenvalue weighted by molar-refractivity contribution is 0.102. The van der Waals surface area contributed by atoms with Crippen molar-refractivity contribution < 1.29 is 14.4 Å². The van der Waals surface area contributed by atoms with Crippen LogP contribution in [0.1, 0.15) is 47.5 Å². The summed E-state index contributed by atoms with van der Waals surface area (Å²) in [5.41, 5.74) is 5.66. The molecule has 1 amide bonds. The molecule has 0 bridgehead atoms. The summed E-state index contributed by atoms with van der Waals surface area (Å²) in [5.74, 6) is 12.2. The number of amides is 1. The monoisotopic (exact) mass is 515 g/mol. The zero-order valence-electron chi connectivity index (χ0n) is 21.4. The van der Waals surface area contributed by atoms with Gasteiger partial charge >= 0.3 is 0 Å². The van der Waals surface area contributed by atoms with Gasteiger partial charge in [0.2, 0.25) is 5.17 Å². The number of rotatable bonds is 10. The van der Waals surface area contributed by atoms with Crippen LogP contribution in [-0.2, 0) is 4.84 Å². The van der Waals surface area contributed by atoms with E-state index in [0.717, 1.165) is 6.54 Å². The van der Waals surface area contributed by atoms with Crippen LogP contribution in [0.3, 0.4) is 0 Å². The van der Waals surface area contributed by atoms with E-state index in [2.05, 4.69) is 32.9 Å². The highest BCUT2D eigenvalue weighted by atomic mass is 32.2. The Labute approximate surface area is 217 Å². The van der Waals surface area contributed by atoms with E-state index in [0.29, 0.717) is 45.3 Å². The Bertz CT molecular complexity index is 1060. The van der Waals surface area contributed by atoms with Crippen molar-refractivity contribution in [2.24, 2.45) is 16.8 Å². The highest BCUT2D eigenvalue weighted by Gasteiger charge is 2.21. The quantitative estimate of drug-likeness (QED) is 0.123. The van der Waals surface area contributed by atoms with Gasteiger partial charge in [0, 0.05) is 18.5 Å². The van der Waals surface area contributed by atoms with Crippen molar-refractivity contribution in [2.75, 3.05) is 52.2 Å². The molecule has 0 radical (unpaired) electrons. The van der Waals surface area contributed by atoms with E-state index in [1.165, 1.54) is 55.1 Å². The van der Waals surface area contributed by atoms with Crippen LogP contribution in [-0.4, -0.2) is 62.4 Å². The first kappa shape index (κ1) is 27.6. The number of hydrogen-bond acceptors (Lipinski definition) is 9. The van der Waals surface area contributed by atoms with Crippen LogP contribution in [0.15, 0.2) is 46.4 Å². The fraction of sp³-hybridized carbons (Fsp3) is 0.440. The van der Waals surface area contributed by atoms with Gasteiger partial charge in [-0.3, -0.25) is 20.1 Å². The van der Waals surface area contributed by atoms with Gasteiger partial charge in [-0.15, -0.1) is 0 Å². The van der Waals surface area contributed by atoms with E-state index in [-0.39, 0.29) is 5.91 Å². The number of nitrogens with zero attached hydrogens (tertiary/aromatic N) is 3. The summed E-state index contributed by atoms with van der Waals surface area (Å²) in [5, 5.41) is 8.41. The summed E-state index contributed by atoms with van der Waals surface area (Å²) in [4.78, 5) is 21.2. The number of ether oxygens (including phenoxy) is 1. The molecule has 36 heavy (non-hydrogen) atoms. The Hall–Kier alpha value is -2.99. The minimum absolute atomic E-state index is 0.306. The molecule has 0 saturated heterocycles. The highest BCUT2D eigenvalue weighted by Crippen LogP contribution is 2.38. The summed E-state index contributed by atoms with van der Waals surface area (Å²) in [7, 11) is 7.13. The van der Waals surface area contributed by atoms with Crippen molar-refractivity contribution in [1.82, 2.24) is 9.91 Å². The average Bonchev–Trinajstić information content (AvgIpc) is 3.39. The maximum Gasteiger partial charge on any atom is 0.256 e. The predicted octanol–water partition coefficient (Wildman–Crippen LogP) is 3.64. The molecule has 6 N–H and O–H groups in total. The number of carbonyl (C=O) groups is 1. The highest BCUT2D eigenvalue weighted by molar-refractivity contribution is 8.13. The van der Waals surface area contributed by atoms with Crippen LogP contribution in [0, 0.1) is 0 Å². The molecule has 11 heteroatoms. The fourth-order valence-electron chi connectivity index (χ4n) is 4.07. The van der Waals surface area contributed by atoms with E-state index in [1.54, 1.807) is 25.2 Å². The van der Waals surface area contributed by atoms with Crippen molar-refractivity contribution in [3.63, 3.8) is 0 Å². The second kappa shape index (κ2) is 13.4. The molecule has 2 aromatic carbocycles. The van der Waals surface area contributed by atoms with E-state index in [1.807, 2.05) is 20.2 Å². The third-order valence-electron chi connectivity index (χ3n) is 5.93. The second-order valence-corrected chi connectivity index (χ2v) is 9.99. The third-order valence-corrected chi connectivity index (χ3v) is 7.09. The first-order valence-electron chi connectivity index (χ1n) is 11.9. The van der Waals surface area contributed by atoms with Crippen LogP contribution in [0.4, 0.5) is 11.4 Å². The van der Waals surface area contributed by atoms with E-state index >= 15 is 0 Å². The van der Waals surface area contributed by atoms with Gasteiger partial charge < -0.3 is 20.8 Å². The number of amidine groups is 1. The number of likely N-dealkylation sites (N-methyl/N-ethyl adjacent to an activating group) is 1. The number of nitrogens with two attached hydrogens (primary N) is 2. The number of anilines is 2. The number of nitrogens with one attached hydrogen (secondary N) is 2. The Morgan fingerprint density at radius 2 is 1.92 bits per heavy atom. The SMILES string of the molecule is CONc1ccc(S/C(=N/N)N(C)N)c(C(=O)Nc2ccc(C3CCCC3)cc2OCCN(C)C)c1. The number of carbonyl (C=O) groups excluding carboxylic acids is 1. The first-order valence-corrected chi connectivity index (χ1v) is 12.7. The van der Waals surface area contributed by atoms with Gasteiger partial charge in [-0.05, 0) is 80.5 Å². The van der Waals surface area contributed by atoms with Gasteiger partial charge in [0.05, 0.1) is 24.0 Å². The molecule has 0 heterocycles. The molecule has 10 nitrogen and oxygen atoms in total. The summed E-state index contributed by atoms with van der Waals surface area (Å²) < 4.78 is 6.14. The number of hydrazine groups is 1. The largest absolute Gasteiger partial charge is 0.490 e. The minimum Gasteiger partial charge on any atom is -0.490 e. The molecule has 0 aromatic heterocycles. The van der Waals surface area contributed by atoms with E-state index in [4.69, 9.17) is 21.3 Å². The van der Waals surface area contributed by atoms with Gasteiger partial charge in [0.15, 0.2) is 0 Å². The van der Waals surface area contributed by atoms with Gasteiger partial charge in [-0.2, -0.15) is 5.10 Å². The van der Waals surface area contributed by atoms with Crippen molar-refractivity contribution in [2.45, 2.75) is 36.5 Å². The number of hydrogen-bond donors (Lipinski definition) is 4. The standard InChI is InChI=1S/C25H37N7O3S/c1-31(2)13-14-35-22-15-18(17-7-5-6-8-17)9-11-21(22)28-24(33)20-16-19(30-34-4)10-12-23(20)36-25(29-26)32(3)27/h9-12,15-17,30H,5-8,13-14,26-27H2,1-4H3,(H,28,33)/b29-25+. The van der Waals surface area contributed by atoms with Crippen molar-refractivity contribution in [1.29, 1.82) is 0 Å². The molecule has 0 unspecified atom stereocenters. The summed E-state index contributed by atoms with van der Waals surface area (Å²) >= 11 is 1.19. The van der Waals surface area contributed by atoms with Crippen molar-refractivity contribution in [3.8, 4) is 5.75 Å². The number of benzene rings is 2. The van der Waals surface area contributed by atoms with E-state index in [9.17, 15) is 4.79 Å². The predicted molar refractivity (Wildman–Crippen MR) is 146 cm³/mol. The lowest BCUT2D eigenvalue weighted by Crippen LogP contribution is -2.32. The number of thioether (sulfide) groups is 1. The molecule has 196 valence electrons. The minimum atomic E-state index is -0.306. The summed E-state index contributed by atoms with van der Waals surface area (Å²) in [6, 6.07) is 11.4. The Morgan fingerprint density at radius 1 is 1.17 bits per heavy atom. The van der Waals surface area contributed by atoms with Crippen LogP contribution >= 0.6 is 11.8 Å². The van der Waals surface area contributed by atoms with Crippen molar-refractivity contribution in [3.05, 3.63) is 47.5 Å². The summed E-state index contributed by atoms with van der Waals surface area (Å²) in [6.07, 6.45) is 4.86. The molecule has 1 saturated carbocycles. The third kappa shape index (κ3) is 7.50. The zero-order chi connectivity index (χ0) is 26.1. The molecule has 0 atom stereocenters. The lowest BCUT2D eigenvalue weighted by Gasteiger charge is -2.19. The first-order chi connectivity index (χ1) is 17.3. The van der Waals surface area contributed by atoms with Crippen LogP contribution in [0.5, 0.6) is 5.75 Å². The van der Waals surface area contributed by atoms with Gasteiger partial charge in [0.1, 0.15) is 12.4 Å². The molecule has 0 aliphatic heterocycles. The molecule has 1 fully saturated rings. The van der Waals surface area contributed by atoms with Gasteiger partial charge in [-0.25, -0.2) is 5.84 Å². The van der Waals surface area contributed by atoms with Gasteiger partial charge in [0.25, 0.3) is 5.91 Å². The lowest BCUT2D eigenvalue weighted by atomic mass is 9.97. The second-order valence-electron chi connectivity index (χ2n) is 8.98. The average molecular weight is 516 g/mol. The summed E-state index contributed by atoms with van der Waals surface area (Å²) in [6.45, 7) is 1.28. The normalized spacial score (nSPS) is 14.2. The molecular formula is C25H37N7O3S. The maximum atomic E-state index is 13.5. The van der Waals surface area contributed by atoms with Crippen molar-refractivity contribution >= 4 is 34.2 Å². The molecule has 2 aromatic rings. The molecule has 1 aliphatic rings. The molecular weight excluding hydrogens is 478 g/mol. The smallest absolute Gasteiger partial charge is 0.256 e. The molecule has 0 spiro atoms. The Balaban J connectivity index is 1.91. The Morgan fingerprint density at radius 3 is 2.56 bits per heavy atom. The molecule has 3 rings (SSSR count).